The number of halogens is 3. The van der Waals surface area contributed by atoms with Crippen molar-refractivity contribution in [2.75, 3.05) is 20.3 Å². The van der Waals surface area contributed by atoms with Crippen LogP contribution in [0.1, 0.15) is 17.2 Å². The molecule has 2 rings (SSSR count). The van der Waals surface area contributed by atoms with Gasteiger partial charge >= 0.3 is 12.1 Å². The van der Waals surface area contributed by atoms with Gasteiger partial charge in [-0.3, -0.25) is 4.79 Å². The first-order valence-electron chi connectivity index (χ1n) is 8.04. The highest BCUT2D eigenvalue weighted by molar-refractivity contribution is 5.81. The van der Waals surface area contributed by atoms with Crippen LogP contribution in [0.5, 0.6) is 5.75 Å². The lowest BCUT2D eigenvalue weighted by Gasteiger charge is -2.17. The number of hydrogen-bond donors (Lipinski definition) is 1. The fraction of sp³-hybridized carbons (Fsp3) is 0.316. The molecule has 1 N–H and O–H groups in total. The molecule has 0 radical (unpaired) electrons. The van der Waals surface area contributed by atoms with Gasteiger partial charge in [0.15, 0.2) is 0 Å². The van der Waals surface area contributed by atoms with Crippen LogP contribution in [0.15, 0.2) is 54.6 Å². The van der Waals surface area contributed by atoms with Gasteiger partial charge in [0.25, 0.3) is 0 Å². The van der Waals surface area contributed by atoms with Gasteiger partial charge in [-0.15, -0.1) is 0 Å². The Morgan fingerprint density at radius 3 is 2.50 bits per heavy atom. The third kappa shape index (κ3) is 6.07. The maximum atomic E-state index is 12.1. The average molecular weight is 367 g/mol. The molecule has 7 heteroatoms. The first kappa shape index (κ1) is 19.8. The molecule has 0 spiro atoms. The van der Waals surface area contributed by atoms with Crippen LogP contribution in [-0.4, -0.2) is 32.3 Å². The molecule has 0 aliphatic carbocycles. The molecule has 26 heavy (non-hydrogen) atoms. The number of carbonyl (C=O) groups excluding carboxylic acids is 1. The zero-order valence-electron chi connectivity index (χ0n) is 14.3. The van der Waals surface area contributed by atoms with Crippen LogP contribution in [0.25, 0.3) is 0 Å². The topological polar surface area (TPSA) is 47.6 Å². The summed E-state index contributed by atoms with van der Waals surface area (Å²) >= 11 is 0. The SMILES string of the molecule is COC(Cc1ccccc1)c1cccc(OCCNC(=O)C(F)(F)F)c1. The van der Waals surface area contributed by atoms with Crippen molar-refractivity contribution < 1.29 is 27.4 Å². The fourth-order valence-electron chi connectivity index (χ4n) is 2.40. The van der Waals surface area contributed by atoms with Gasteiger partial charge in [-0.25, -0.2) is 0 Å². The van der Waals surface area contributed by atoms with Crippen LogP contribution >= 0.6 is 0 Å². The number of amides is 1. The standard InChI is InChI=1S/C19H20F3NO3/c1-25-17(12-14-6-3-2-4-7-14)15-8-5-9-16(13-15)26-11-10-23-18(24)19(20,21)22/h2-9,13,17H,10-12H2,1H3,(H,23,24). The summed E-state index contributed by atoms with van der Waals surface area (Å²) in [4.78, 5) is 10.7. The van der Waals surface area contributed by atoms with Crippen molar-refractivity contribution in [3.63, 3.8) is 0 Å². The van der Waals surface area contributed by atoms with Crippen molar-refractivity contribution in [2.24, 2.45) is 0 Å². The Morgan fingerprint density at radius 1 is 1.12 bits per heavy atom. The van der Waals surface area contributed by atoms with Crippen molar-refractivity contribution in [3.05, 3.63) is 65.7 Å². The molecule has 140 valence electrons. The minimum absolute atomic E-state index is 0.0678. The monoisotopic (exact) mass is 367 g/mol. The second-order valence-electron chi connectivity index (χ2n) is 5.59. The number of rotatable bonds is 8. The van der Waals surface area contributed by atoms with Crippen LogP contribution in [0.3, 0.4) is 0 Å². The Labute approximate surface area is 149 Å². The molecule has 0 bridgehead atoms. The van der Waals surface area contributed by atoms with E-state index in [9.17, 15) is 18.0 Å². The molecule has 0 saturated heterocycles. The number of methoxy groups -OCH3 is 1. The van der Waals surface area contributed by atoms with Gasteiger partial charge in [-0.2, -0.15) is 13.2 Å². The predicted molar refractivity (Wildman–Crippen MR) is 90.9 cm³/mol. The molecule has 4 nitrogen and oxygen atoms in total. The van der Waals surface area contributed by atoms with E-state index in [1.165, 1.54) is 0 Å². The molecule has 1 unspecified atom stereocenters. The van der Waals surface area contributed by atoms with E-state index in [0.717, 1.165) is 11.1 Å². The quantitative estimate of drug-likeness (QED) is 0.724. The first-order valence-corrected chi connectivity index (χ1v) is 8.04. The van der Waals surface area contributed by atoms with E-state index in [1.807, 2.05) is 36.4 Å². The summed E-state index contributed by atoms with van der Waals surface area (Å²) in [6.45, 7) is -0.304. The maximum Gasteiger partial charge on any atom is 0.471 e. The van der Waals surface area contributed by atoms with Gasteiger partial charge in [0, 0.05) is 13.5 Å². The largest absolute Gasteiger partial charge is 0.492 e. The predicted octanol–water partition coefficient (Wildman–Crippen LogP) is 3.67. The van der Waals surface area contributed by atoms with Crippen LogP contribution < -0.4 is 10.1 Å². The van der Waals surface area contributed by atoms with Crippen LogP contribution in [0, 0.1) is 0 Å². The van der Waals surface area contributed by atoms with E-state index in [1.54, 1.807) is 30.6 Å². The molecule has 0 aromatic heterocycles. The van der Waals surface area contributed by atoms with Gasteiger partial charge in [0.1, 0.15) is 12.4 Å². The van der Waals surface area contributed by atoms with Crippen LogP contribution in [-0.2, 0) is 16.0 Å². The van der Waals surface area contributed by atoms with E-state index in [-0.39, 0.29) is 19.3 Å². The molecule has 1 atom stereocenters. The van der Waals surface area contributed by atoms with Crippen LogP contribution in [0.4, 0.5) is 13.2 Å². The number of benzene rings is 2. The number of hydrogen-bond acceptors (Lipinski definition) is 3. The molecule has 2 aromatic rings. The normalized spacial score (nSPS) is 12.5. The number of nitrogens with one attached hydrogen (secondary N) is 1. The average Bonchev–Trinajstić information content (AvgIpc) is 2.63. The van der Waals surface area contributed by atoms with Gasteiger partial charge in [-0.05, 0) is 23.3 Å². The Kier molecular flexibility index (Phi) is 7.03. The number of carbonyl (C=O) groups is 1. The minimum atomic E-state index is -4.89. The Morgan fingerprint density at radius 2 is 1.85 bits per heavy atom. The van der Waals surface area contributed by atoms with Crippen LogP contribution in [0.2, 0.25) is 0 Å². The van der Waals surface area contributed by atoms with Gasteiger partial charge in [0.05, 0.1) is 12.6 Å². The van der Waals surface area contributed by atoms with E-state index < -0.39 is 12.1 Å². The Bertz CT molecular complexity index is 705. The van der Waals surface area contributed by atoms with Crippen molar-refractivity contribution in [2.45, 2.75) is 18.7 Å². The number of ether oxygens (including phenoxy) is 2. The zero-order valence-corrected chi connectivity index (χ0v) is 14.3. The molecule has 1 amide bonds. The molecule has 2 aromatic carbocycles. The Balaban J connectivity index is 1.91. The smallest absolute Gasteiger partial charge is 0.471 e. The molecular formula is C19H20F3NO3. The summed E-state index contributed by atoms with van der Waals surface area (Å²) in [5, 5.41) is 1.76. The zero-order chi connectivity index (χ0) is 19.0. The summed E-state index contributed by atoms with van der Waals surface area (Å²) in [6, 6.07) is 17.0. The summed E-state index contributed by atoms with van der Waals surface area (Å²) in [7, 11) is 1.62. The van der Waals surface area contributed by atoms with E-state index in [4.69, 9.17) is 9.47 Å². The summed E-state index contributed by atoms with van der Waals surface area (Å²) in [6.07, 6.45) is -4.38. The molecule has 0 aliphatic heterocycles. The number of alkyl halides is 3. The summed E-state index contributed by atoms with van der Waals surface area (Å²) in [5.74, 6) is -1.48. The highest BCUT2D eigenvalue weighted by atomic mass is 19.4. The third-order valence-electron chi connectivity index (χ3n) is 3.69. The van der Waals surface area contributed by atoms with Gasteiger partial charge in [0.2, 0.25) is 0 Å². The third-order valence-corrected chi connectivity index (χ3v) is 3.69. The second-order valence-corrected chi connectivity index (χ2v) is 5.59. The van der Waals surface area contributed by atoms with E-state index in [0.29, 0.717) is 12.2 Å². The van der Waals surface area contributed by atoms with Gasteiger partial charge < -0.3 is 14.8 Å². The molecule has 0 fully saturated rings. The van der Waals surface area contributed by atoms with Crippen molar-refractivity contribution in [1.82, 2.24) is 5.32 Å². The minimum Gasteiger partial charge on any atom is -0.492 e. The van der Waals surface area contributed by atoms with E-state index in [2.05, 4.69) is 0 Å². The van der Waals surface area contributed by atoms with Crippen molar-refractivity contribution in [3.8, 4) is 5.75 Å². The second kappa shape index (κ2) is 9.24. The molecule has 0 heterocycles. The molecule has 0 saturated carbocycles. The highest BCUT2D eigenvalue weighted by Gasteiger charge is 2.38. The Hall–Kier alpha value is -2.54. The van der Waals surface area contributed by atoms with Gasteiger partial charge in [-0.1, -0.05) is 42.5 Å². The summed E-state index contributed by atoms with van der Waals surface area (Å²) < 4.78 is 47.2. The maximum absolute atomic E-state index is 12.1. The van der Waals surface area contributed by atoms with E-state index >= 15 is 0 Å². The fourth-order valence-corrected chi connectivity index (χ4v) is 2.40. The highest BCUT2D eigenvalue weighted by Crippen LogP contribution is 2.25. The summed E-state index contributed by atoms with van der Waals surface area (Å²) in [5.41, 5.74) is 2.02. The lowest BCUT2D eigenvalue weighted by molar-refractivity contribution is -0.173. The molecular weight excluding hydrogens is 347 g/mol. The molecule has 0 aliphatic rings. The lowest BCUT2D eigenvalue weighted by Crippen LogP contribution is -2.38. The first-order chi connectivity index (χ1) is 12.4. The lowest BCUT2D eigenvalue weighted by atomic mass is 10.0. The van der Waals surface area contributed by atoms with Crippen molar-refractivity contribution in [1.29, 1.82) is 0 Å². The van der Waals surface area contributed by atoms with Crippen molar-refractivity contribution >= 4 is 5.91 Å².